The lowest BCUT2D eigenvalue weighted by molar-refractivity contribution is -0.123. The molecule has 35 heavy (non-hydrogen) atoms. The first-order valence-corrected chi connectivity index (χ1v) is 13.7. The van der Waals surface area contributed by atoms with E-state index in [0.29, 0.717) is 11.4 Å². The molecule has 0 unspecified atom stereocenters. The molecule has 0 radical (unpaired) electrons. The molecular formula is C24H27N3O6S2. The van der Waals surface area contributed by atoms with Crippen LogP contribution in [0.3, 0.4) is 0 Å². The number of ether oxygens (including phenoxy) is 1. The van der Waals surface area contributed by atoms with Gasteiger partial charge in [-0.15, -0.1) is 0 Å². The number of anilines is 1. The zero-order valence-corrected chi connectivity index (χ0v) is 20.9. The molecule has 0 heterocycles. The van der Waals surface area contributed by atoms with Crippen molar-refractivity contribution in [2.45, 2.75) is 23.6 Å². The lowest BCUT2D eigenvalue weighted by atomic mass is 10.2. The summed E-state index contributed by atoms with van der Waals surface area (Å²) < 4.78 is 59.8. The van der Waals surface area contributed by atoms with Gasteiger partial charge in [0.1, 0.15) is 5.75 Å². The molecule has 3 N–H and O–H groups in total. The minimum atomic E-state index is -3.76. The third-order valence-corrected chi connectivity index (χ3v) is 7.75. The Morgan fingerprint density at radius 2 is 1.23 bits per heavy atom. The zero-order valence-electron chi connectivity index (χ0n) is 19.3. The van der Waals surface area contributed by atoms with Crippen molar-refractivity contribution in [2.75, 3.05) is 24.4 Å². The molecule has 0 bridgehead atoms. The quantitative estimate of drug-likeness (QED) is 0.335. The number of hydrogen-bond acceptors (Lipinski definition) is 6. The van der Waals surface area contributed by atoms with Gasteiger partial charge in [-0.3, -0.25) is 9.52 Å². The summed E-state index contributed by atoms with van der Waals surface area (Å²) in [7, 11) is -7.42. The van der Waals surface area contributed by atoms with Crippen LogP contribution >= 0.6 is 0 Å². The summed E-state index contributed by atoms with van der Waals surface area (Å²) in [4.78, 5) is 12.2. The number of sulfonamides is 2. The first-order valence-electron chi connectivity index (χ1n) is 10.7. The van der Waals surface area contributed by atoms with E-state index in [9.17, 15) is 21.6 Å². The first-order chi connectivity index (χ1) is 16.5. The average Bonchev–Trinajstić information content (AvgIpc) is 2.82. The summed E-state index contributed by atoms with van der Waals surface area (Å²) in [6.07, 6.45) is 0. The second-order valence-electron chi connectivity index (χ2n) is 7.79. The highest BCUT2D eigenvalue weighted by Gasteiger charge is 2.15. The average molecular weight is 518 g/mol. The van der Waals surface area contributed by atoms with Crippen LogP contribution in [0.5, 0.6) is 5.75 Å². The van der Waals surface area contributed by atoms with Gasteiger partial charge in [0.25, 0.3) is 15.9 Å². The molecule has 1 amide bonds. The maximum absolute atomic E-state index is 12.5. The highest BCUT2D eigenvalue weighted by Crippen LogP contribution is 2.19. The molecule has 186 valence electrons. The molecule has 0 aliphatic carbocycles. The van der Waals surface area contributed by atoms with Crippen molar-refractivity contribution < 1.29 is 26.4 Å². The fourth-order valence-electron chi connectivity index (χ4n) is 2.94. The van der Waals surface area contributed by atoms with Crippen LogP contribution < -0.4 is 19.5 Å². The van der Waals surface area contributed by atoms with E-state index in [1.807, 2.05) is 13.8 Å². The Morgan fingerprint density at radius 3 is 1.83 bits per heavy atom. The molecule has 0 aliphatic heterocycles. The Kier molecular flexibility index (Phi) is 8.49. The predicted molar refractivity (Wildman–Crippen MR) is 133 cm³/mol. The lowest BCUT2D eigenvalue weighted by Crippen LogP contribution is -2.36. The normalized spacial score (nSPS) is 11.6. The monoisotopic (exact) mass is 517 g/mol. The van der Waals surface area contributed by atoms with Crippen LogP contribution in [0, 0.1) is 13.8 Å². The van der Waals surface area contributed by atoms with Crippen molar-refractivity contribution in [3.8, 4) is 5.75 Å². The molecule has 0 aliphatic rings. The molecule has 0 saturated heterocycles. The van der Waals surface area contributed by atoms with Crippen LogP contribution in [0.15, 0.2) is 82.6 Å². The maximum Gasteiger partial charge on any atom is 0.261 e. The number of hydrogen-bond donors (Lipinski definition) is 3. The Bertz CT molecular complexity index is 1350. The Morgan fingerprint density at radius 1 is 0.714 bits per heavy atom. The van der Waals surface area contributed by atoms with Gasteiger partial charge in [0.2, 0.25) is 10.0 Å². The number of aryl methyl sites for hydroxylation is 2. The van der Waals surface area contributed by atoms with Crippen LogP contribution in [0.1, 0.15) is 11.1 Å². The van der Waals surface area contributed by atoms with Crippen molar-refractivity contribution in [1.82, 2.24) is 10.0 Å². The van der Waals surface area contributed by atoms with Crippen molar-refractivity contribution in [1.29, 1.82) is 0 Å². The van der Waals surface area contributed by atoms with E-state index >= 15 is 0 Å². The fourth-order valence-corrected chi connectivity index (χ4v) is 5.03. The highest BCUT2D eigenvalue weighted by atomic mass is 32.2. The summed E-state index contributed by atoms with van der Waals surface area (Å²) in [5.41, 5.74) is 2.42. The number of rotatable bonds is 11. The second kappa shape index (κ2) is 11.3. The molecule has 0 spiro atoms. The molecule has 3 aromatic carbocycles. The number of carbonyl (C=O) groups is 1. The smallest absolute Gasteiger partial charge is 0.261 e. The molecule has 3 rings (SSSR count). The molecule has 0 fully saturated rings. The summed E-state index contributed by atoms with van der Waals surface area (Å²) >= 11 is 0. The van der Waals surface area contributed by atoms with E-state index in [-0.39, 0.29) is 29.5 Å². The van der Waals surface area contributed by atoms with Gasteiger partial charge >= 0.3 is 0 Å². The molecule has 11 heteroatoms. The van der Waals surface area contributed by atoms with Crippen molar-refractivity contribution >= 4 is 31.6 Å². The predicted octanol–water partition coefficient (Wildman–Crippen LogP) is 2.58. The van der Waals surface area contributed by atoms with Crippen molar-refractivity contribution in [2.24, 2.45) is 0 Å². The summed E-state index contributed by atoms with van der Waals surface area (Å²) in [5, 5.41) is 2.56. The van der Waals surface area contributed by atoms with Crippen molar-refractivity contribution in [3.63, 3.8) is 0 Å². The zero-order chi connectivity index (χ0) is 25.5. The third-order valence-electron chi connectivity index (χ3n) is 4.88. The van der Waals surface area contributed by atoms with E-state index < -0.39 is 26.0 Å². The lowest BCUT2D eigenvalue weighted by Gasteiger charge is -2.11. The minimum absolute atomic E-state index is 0.0164. The standard InChI is InChI=1S/C24H27N3O6S2/c1-18-3-7-20(8-4-18)27-35(31,32)23-13-9-21(10-14-23)33-17-24(28)25-15-16-26-34(29,30)22-11-5-19(2)6-12-22/h3-14,26-27H,15-17H2,1-2H3,(H,25,28). The van der Waals surface area contributed by atoms with Gasteiger partial charge in [0.05, 0.1) is 9.79 Å². The maximum atomic E-state index is 12.5. The second-order valence-corrected chi connectivity index (χ2v) is 11.2. The van der Waals surface area contributed by atoms with Crippen LogP contribution in [-0.4, -0.2) is 42.4 Å². The van der Waals surface area contributed by atoms with E-state index in [0.717, 1.165) is 11.1 Å². The van der Waals surface area contributed by atoms with E-state index in [1.54, 1.807) is 36.4 Å². The van der Waals surface area contributed by atoms with Gasteiger partial charge in [0, 0.05) is 18.8 Å². The molecule has 0 atom stereocenters. The van der Waals surface area contributed by atoms with Crippen molar-refractivity contribution in [3.05, 3.63) is 83.9 Å². The number of carbonyl (C=O) groups excluding carboxylic acids is 1. The number of benzene rings is 3. The Labute approximate surface area is 205 Å². The largest absolute Gasteiger partial charge is 0.484 e. The van der Waals surface area contributed by atoms with Crippen LogP contribution in [0.4, 0.5) is 5.69 Å². The van der Waals surface area contributed by atoms with E-state index in [4.69, 9.17) is 4.74 Å². The molecule has 9 nitrogen and oxygen atoms in total. The fraction of sp³-hybridized carbons (Fsp3) is 0.208. The molecular weight excluding hydrogens is 490 g/mol. The van der Waals surface area contributed by atoms with Gasteiger partial charge in [-0.2, -0.15) is 0 Å². The summed E-state index contributed by atoms with van der Waals surface area (Å²) in [5.74, 6) is -0.133. The van der Waals surface area contributed by atoms with Crippen LogP contribution in [0.2, 0.25) is 0 Å². The molecule has 0 aromatic heterocycles. The topological polar surface area (TPSA) is 131 Å². The van der Waals surface area contributed by atoms with Gasteiger partial charge < -0.3 is 10.1 Å². The molecule has 3 aromatic rings. The van der Waals surface area contributed by atoms with Gasteiger partial charge in [-0.1, -0.05) is 35.4 Å². The summed E-state index contributed by atoms with van der Waals surface area (Å²) in [6, 6.07) is 19.1. The first kappa shape index (κ1) is 26.2. The number of amides is 1. The molecule has 0 saturated carbocycles. The van der Waals surface area contributed by atoms with Crippen LogP contribution in [-0.2, 0) is 24.8 Å². The van der Waals surface area contributed by atoms with E-state index in [1.165, 1.54) is 36.4 Å². The van der Waals surface area contributed by atoms with Gasteiger partial charge in [-0.25, -0.2) is 21.6 Å². The third kappa shape index (κ3) is 7.81. The highest BCUT2D eigenvalue weighted by molar-refractivity contribution is 7.92. The minimum Gasteiger partial charge on any atom is -0.484 e. The van der Waals surface area contributed by atoms with Gasteiger partial charge in [-0.05, 0) is 62.4 Å². The van der Waals surface area contributed by atoms with Crippen LogP contribution in [0.25, 0.3) is 0 Å². The Hall–Kier alpha value is -3.41. The Balaban J connectivity index is 1.43. The SMILES string of the molecule is Cc1ccc(NS(=O)(=O)c2ccc(OCC(=O)NCCNS(=O)(=O)c3ccc(C)cc3)cc2)cc1. The van der Waals surface area contributed by atoms with E-state index in [2.05, 4.69) is 14.8 Å². The van der Waals surface area contributed by atoms with Gasteiger partial charge in [0.15, 0.2) is 6.61 Å². The summed E-state index contributed by atoms with van der Waals surface area (Å²) in [6.45, 7) is 3.56. The number of nitrogens with one attached hydrogen (secondary N) is 3.